The number of carbonyl (C=O) groups is 2. The van der Waals surface area contributed by atoms with Crippen LogP contribution in [0.15, 0.2) is 90.0 Å². The molecule has 0 aliphatic carbocycles. The molecule has 1 amide bonds. The van der Waals surface area contributed by atoms with E-state index in [2.05, 4.69) is 10.5 Å². The summed E-state index contributed by atoms with van der Waals surface area (Å²) in [6, 6.07) is 23.8. The van der Waals surface area contributed by atoms with Crippen molar-refractivity contribution >= 4 is 52.1 Å². The van der Waals surface area contributed by atoms with Gasteiger partial charge in [-0.25, -0.2) is 10.2 Å². The summed E-state index contributed by atoms with van der Waals surface area (Å²) in [5.74, 6) is -1.15. The second-order valence-corrected chi connectivity index (χ2v) is 8.10. The number of esters is 1. The third kappa shape index (κ3) is 5.26. The average Bonchev–Trinajstić information content (AvgIpc) is 2.85. The molecule has 0 saturated carbocycles. The van der Waals surface area contributed by atoms with E-state index in [-0.39, 0.29) is 16.3 Å². The highest BCUT2D eigenvalue weighted by atomic mass is 35.5. The first-order valence-electron chi connectivity index (χ1n) is 10.2. The largest absolute Gasteiger partial charge is 0.422 e. The molecular formula is C26H18Cl2N2O4. The Labute approximate surface area is 205 Å². The first-order valence-corrected chi connectivity index (χ1v) is 10.9. The monoisotopic (exact) mass is 492 g/mol. The summed E-state index contributed by atoms with van der Waals surface area (Å²) < 4.78 is 5.61. The second-order valence-electron chi connectivity index (χ2n) is 7.26. The molecule has 4 aromatic carbocycles. The molecular weight excluding hydrogens is 475 g/mol. The molecule has 4 rings (SSSR count). The lowest BCUT2D eigenvalue weighted by Crippen LogP contribution is -2.25. The number of hydrazone groups is 1. The predicted octanol–water partition coefficient (Wildman–Crippen LogP) is 5.55. The molecule has 0 heterocycles. The Balaban J connectivity index is 1.61. The van der Waals surface area contributed by atoms with Crippen LogP contribution in [0.1, 0.15) is 27.6 Å². The fraction of sp³-hybridized carbons (Fsp3) is 0.0385. The highest BCUT2D eigenvalue weighted by Crippen LogP contribution is 2.29. The minimum absolute atomic E-state index is 0.154. The molecule has 170 valence electrons. The summed E-state index contributed by atoms with van der Waals surface area (Å²) in [6.07, 6.45) is -0.0143. The number of carbonyl (C=O) groups excluding carboxylic acids is 2. The Bertz CT molecular complexity index is 1390. The number of fused-ring (bicyclic) bond motifs is 1. The Hall–Kier alpha value is -3.71. The maximum atomic E-state index is 12.8. The van der Waals surface area contributed by atoms with Crippen LogP contribution in [0, 0.1) is 0 Å². The smallest absolute Gasteiger partial charge is 0.345 e. The fourth-order valence-electron chi connectivity index (χ4n) is 3.32. The van der Waals surface area contributed by atoms with Gasteiger partial charge in [0.25, 0.3) is 5.91 Å². The molecule has 8 heteroatoms. The van der Waals surface area contributed by atoms with Gasteiger partial charge in [-0.1, -0.05) is 83.9 Å². The molecule has 1 unspecified atom stereocenters. The molecule has 0 spiro atoms. The average molecular weight is 493 g/mol. The first kappa shape index (κ1) is 23.4. The molecule has 0 aromatic heterocycles. The molecule has 0 bridgehead atoms. The molecule has 0 aliphatic rings. The number of nitrogens with one attached hydrogen (secondary N) is 1. The van der Waals surface area contributed by atoms with Crippen LogP contribution >= 0.6 is 23.2 Å². The van der Waals surface area contributed by atoms with E-state index in [0.29, 0.717) is 16.1 Å². The minimum Gasteiger partial charge on any atom is -0.422 e. The maximum absolute atomic E-state index is 12.8. The number of halogens is 2. The number of hydrogen-bond acceptors (Lipinski definition) is 5. The van der Waals surface area contributed by atoms with E-state index in [1.54, 1.807) is 48.5 Å². The van der Waals surface area contributed by atoms with Crippen molar-refractivity contribution in [3.63, 3.8) is 0 Å². The summed E-state index contributed by atoms with van der Waals surface area (Å²) in [5, 5.41) is 16.4. The van der Waals surface area contributed by atoms with Gasteiger partial charge in [-0.2, -0.15) is 5.10 Å². The molecule has 1 atom stereocenters. The van der Waals surface area contributed by atoms with Crippen LogP contribution in [0.5, 0.6) is 5.75 Å². The van der Waals surface area contributed by atoms with Crippen molar-refractivity contribution in [3.05, 3.63) is 112 Å². The second kappa shape index (κ2) is 10.5. The number of aliphatic hydroxyl groups excluding tert-OH is 1. The van der Waals surface area contributed by atoms with E-state index in [4.69, 9.17) is 27.9 Å². The molecule has 0 saturated heterocycles. The summed E-state index contributed by atoms with van der Waals surface area (Å²) in [7, 11) is 0. The Morgan fingerprint density at radius 3 is 2.44 bits per heavy atom. The van der Waals surface area contributed by atoms with Gasteiger partial charge < -0.3 is 9.84 Å². The minimum atomic E-state index is -1.38. The number of ether oxygens (including phenoxy) is 1. The third-order valence-electron chi connectivity index (χ3n) is 5.02. The van der Waals surface area contributed by atoms with Crippen LogP contribution in [0.3, 0.4) is 0 Å². The number of rotatable bonds is 6. The van der Waals surface area contributed by atoms with E-state index in [1.807, 2.05) is 24.3 Å². The molecule has 34 heavy (non-hydrogen) atoms. The van der Waals surface area contributed by atoms with Crippen molar-refractivity contribution in [1.29, 1.82) is 0 Å². The van der Waals surface area contributed by atoms with Gasteiger partial charge in [-0.05, 0) is 40.6 Å². The van der Waals surface area contributed by atoms with Crippen LogP contribution in [-0.4, -0.2) is 23.2 Å². The van der Waals surface area contributed by atoms with Crippen LogP contribution in [-0.2, 0) is 4.79 Å². The summed E-state index contributed by atoms with van der Waals surface area (Å²) in [6.45, 7) is 0. The van der Waals surface area contributed by atoms with Gasteiger partial charge in [-0.15, -0.1) is 0 Å². The zero-order valence-electron chi connectivity index (χ0n) is 17.6. The molecule has 0 aliphatic heterocycles. The van der Waals surface area contributed by atoms with E-state index < -0.39 is 18.0 Å². The first-order chi connectivity index (χ1) is 16.4. The van der Waals surface area contributed by atoms with Crippen LogP contribution < -0.4 is 10.2 Å². The molecule has 6 nitrogen and oxygen atoms in total. The van der Waals surface area contributed by atoms with Crippen molar-refractivity contribution in [1.82, 2.24) is 5.43 Å². The van der Waals surface area contributed by atoms with E-state index in [1.165, 1.54) is 18.3 Å². The molecule has 4 aromatic rings. The summed E-state index contributed by atoms with van der Waals surface area (Å²) in [5.41, 5.74) is 3.38. The Kier molecular flexibility index (Phi) is 7.23. The number of hydrogen-bond donors (Lipinski definition) is 2. The van der Waals surface area contributed by atoms with Gasteiger partial charge >= 0.3 is 5.97 Å². The summed E-state index contributed by atoms with van der Waals surface area (Å²) >= 11 is 12.1. The van der Waals surface area contributed by atoms with Crippen LogP contribution in [0.25, 0.3) is 10.8 Å². The van der Waals surface area contributed by atoms with Gasteiger partial charge in [0.05, 0.1) is 16.8 Å². The van der Waals surface area contributed by atoms with Gasteiger partial charge in [0.1, 0.15) is 5.75 Å². The van der Waals surface area contributed by atoms with Crippen molar-refractivity contribution in [3.8, 4) is 5.75 Å². The fourth-order valence-corrected chi connectivity index (χ4v) is 3.80. The van der Waals surface area contributed by atoms with Gasteiger partial charge in [-0.3, -0.25) is 4.79 Å². The lowest BCUT2D eigenvalue weighted by Gasteiger charge is -2.12. The normalized spacial score (nSPS) is 12.0. The van der Waals surface area contributed by atoms with Crippen molar-refractivity contribution in [2.24, 2.45) is 5.10 Å². The van der Waals surface area contributed by atoms with E-state index in [0.717, 1.165) is 10.8 Å². The molecule has 0 fully saturated rings. The number of benzene rings is 4. The standard InChI is InChI=1S/C26H18Cl2N2O4/c27-18-11-12-20(22(28)14-18)26(33)34-23-13-10-16-6-4-5-9-19(16)21(23)15-29-30-25(32)24(31)17-7-2-1-3-8-17/h1-15,24,31H,(H,30,32). The number of nitrogens with zero attached hydrogens (tertiary/aromatic N) is 1. The quantitative estimate of drug-likeness (QED) is 0.160. The lowest BCUT2D eigenvalue weighted by molar-refractivity contribution is -0.129. The zero-order valence-corrected chi connectivity index (χ0v) is 19.1. The topological polar surface area (TPSA) is 88.0 Å². The molecule has 0 radical (unpaired) electrons. The Morgan fingerprint density at radius 1 is 0.941 bits per heavy atom. The van der Waals surface area contributed by atoms with Crippen LogP contribution in [0.4, 0.5) is 0 Å². The van der Waals surface area contributed by atoms with Gasteiger partial charge in [0, 0.05) is 10.6 Å². The SMILES string of the molecule is O=C(Oc1ccc2ccccc2c1C=NNC(=O)C(O)c1ccccc1)c1ccc(Cl)cc1Cl. The number of aliphatic hydroxyl groups is 1. The maximum Gasteiger partial charge on any atom is 0.345 e. The summed E-state index contributed by atoms with van der Waals surface area (Å²) in [4.78, 5) is 25.1. The van der Waals surface area contributed by atoms with Gasteiger partial charge in [0.2, 0.25) is 0 Å². The lowest BCUT2D eigenvalue weighted by atomic mass is 10.0. The van der Waals surface area contributed by atoms with E-state index >= 15 is 0 Å². The zero-order chi connectivity index (χ0) is 24.1. The van der Waals surface area contributed by atoms with Crippen molar-refractivity contribution in [2.45, 2.75) is 6.10 Å². The highest BCUT2D eigenvalue weighted by Gasteiger charge is 2.18. The van der Waals surface area contributed by atoms with E-state index in [9.17, 15) is 14.7 Å². The highest BCUT2D eigenvalue weighted by molar-refractivity contribution is 6.36. The van der Waals surface area contributed by atoms with Crippen LogP contribution in [0.2, 0.25) is 10.0 Å². The third-order valence-corrected chi connectivity index (χ3v) is 5.56. The van der Waals surface area contributed by atoms with Gasteiger partial charge in [0.15, 0.2) is 6.10 Å². The van der Waals surface area contributed by atoms with Crippen molar-refractivity contribution < 1.29 is 19.4 Å². The number of amides is 1. The van der Waals surface area contributed by atoms with Crippen molar-refractivity contribution in [2.75, 3.05) is 0 Å². The molecule has 2 N–H and O–H groups in total. The Morgan fingerprint density at radius 2 is 1.68 bits per heavy atom. The predicted molar refractivity (Wildman–Crippen MR) is 133 cm³/mol.